The van der Waals surface area contributed by atoms with Gasteiger partial charge in [-0.1, -0.05) is 36.4 Å². The second kappa shape index (κ2) is 9.94. The highest BCUT2D eigenvalue weighted by Crippen LogP contribution is 2.25. The van der Waals surface area contributed by atoms with Crippen molar-refractivity contribution in [1.29, 1.82) is 0 Å². The van der Waals surface area contributed by atoms with Crippen LogP contribution in [0.15, 0.2) is 54.6 Å². The van der Waals surface area contributed by atoms with Crippen LogP contribution in [0, 0.1) is 20.8 Å². The van der Waals surface area contributed by atoms with E-state index in [4.69, 9.17) is 0 Å². The van der Waals surface area contributed by atoms with Gasteiger partial charge in [-0.2, -0.15) is 0 Å². The minimum absolute atomic E-state index is 0.257. The predicted molar refractivity (Wildman–Crippen MR) is 130 cm³/mol. The monoisotopic (exact) mass is 428 g/mol. The lowest BCUT2D eigenvalue weighted by atomic mass is 9.99. The van der Waals surface area contributed by atoms with E-state index in [2.05, 4.69) is 78.3 Å². The van der Waals surface area contributed by atoms with Crippen LogP contribution in [0.3, 0.4) is 0 Å². The van der Waals surface area contributed by atoms with Gasteiger partial charge in [0.05, 0.1) is 5.69 Å². The van der Waals surface area contributed by atoms with Crippen molar-refractivity contribution in [2.24, 2.45) is 0 Å². The number of amides is 1. The zero-order valence-corrected chi connectivity index (χ0v) is 19.3. The maximum atomic E-state index is 12.6. The van der Waals surface area contributed by atoms with Gasteiger partial charge in [0, 0.05) is 38.2 Å². The molecular formula is C27H32N4O. The summed E-state index contributed by atoms with van der Waals surface area (Å²) >= 11 is 0. The van der Waals surface area contributed by atoms with Crippen LogP contribution < -0.4 is 4.90 Å². The predicted octanol–water partition coefficient (Wildman–Crippen LogP) is 4.74. The third kappa shape index (κ3) is 5.16. The summed E-state index contributed by atoms with van der Waals surface area (Å²) in [5.41, 5.74) is 7.11. The van der Waals surface area contributed by atoms with E-state index in [1.807, 2.05) is 17.0 Å². The van der Waals surface area contributed by atoms with Crippen molar-refractivity contribution in [2.45, 2.75) is 40.0 Å². The average molecular weight is 429 g/mol. The lowest BCUT2D eigenvalue weighted by molar-refractivity contribution is -0.131. The third-order valence-electron chi connectivity index (χ3n) is 6.42. The van der Waals surface area contributed by atoms with Gasteiger partial charge in [0.2, 0.25) is 5.91 Å². The minimum Gasteiger partial charge on any atom is -0.352 e. The molecule has 166 valence electrons. The maximum absolute atomic E-state index is 12.6. The molecule has 5 heteroatoms. The Morgan fingerprint density at radius 2 is 1.56 bits per heavy atom. The molecule has 0 N–H and O–H groups in total. The Morgan fingerprint density at radius 3 is 2.25 bits per heavy atom. The first-order valence-electron chi connectivity index (χ1n) is 11.5. The molecule has 0 saturated carbocycles. The summed E-state index contributed by atoms with van der Waals surface area (Å²) in [7, 11) is 0. The van der Waals surface area contributed by atoms with E-state index in [9.17, 15) is 4.79 Å². The van der Waals surface area contributed by atoms with Crippen molar-refractivity contribution in [3.05, 3.63) is 76.9 Å². The minimum atomic E-state index is 0.257. The van der Waals surface area contributed by atoms with Gasteiger partial charge in [-0.05, 0) is 74.1 Å². The van der Waals surface area contributed by atoms with E-state index in [1.54, 1.807) is 0 Å². The number of hydrogen-bond donors (Lipinski definition) is 0. The summed E-state index contributed by atoms with van der Waals surface area (Å²) in [4.78, 5) is 16.8. The van der Waals surface area contributed by atoms with Crippen molar-refractivity contribution in [3.8, 4) is 11.3 Å². The van der Waals surface area contributed by atoms with E-state index in [-0.39, 0.29) is 5.91 Å². The number of benzene rings is 2. The lowest BCUT2D eigenvalue weighted by Gasteiger charge is -2.35. The second-order valence-electron chi connectivity index (χ2n) is 8.74. The first-order chi connectivity index (χ1) is 15.5. The largest absolute Gasteiger partial charge is 0.352 e. The number of carbonyl (C=O) groups excluding carboxylic acids is 1. The molecule has 4 rings (SSSR count). The topological polar surface area (TPSA) is 49.3 Å². The highest BCUT2D eigenvalue weighted by atomic mass is 16.2. The second-order valence-corrected chi connectivity index (χ2v) is 8.74. The number of aryl methyl sites for hydroxylation is 4. The Balaban J connectivity index is 1.29. The number of carbonyl (C=O) groups is 1. The van der Waals surface area contributed by atoms with Gasteiger partial charge in [-0.25, -0.2) is 0 Å². The van der Waals surface area contributed by atoms with Gasteiger partial charge in [-0.15, -0.1) is 10.2 Å². The molecular weight excluding hydrogens is 396 g/mol. The Morgan fingerprint density at radius 1 is 0.844 bits per heavy atom. The normalized spacial score (nSPS) is 14.0. The van der Waals surface area contributed by atoms with Crippen LogP contribution in [0.1, 0.15) is 35.1 Å². The smallest absolute Gasteiger partial charge is 0.222 e. The molecule has 0 radical (unpaired) electrons. The van der Waals surface area contributed by atoms with E-state index >= 15 is 0 Å². The SMILES string of the molecule is Cc1cc(C)c(-c2ccc(N3CCN(C(=O)CCCc4ccccc4)CC3)nn2)cc1C. The maximum Gasteiger partial charge on any atom is 0.222 e. The quantitative estimate of drug-likeness (QED) is 0.569. The number of piperazine rings is 1. The van der Waals surface area contributed by atoms with Crippen LogP contribution >= 0.6 is 0 Å². The molecule has 3 aromatic rings. The van der Waals surface area contributed by atoms with Gasteiger partial charge in [0.15, 0.2) is 5.82 Å². The first-order valence-corrected chi connectivity index (χ1v) is 11.5. The molecule has 32 heavy (non-hydrogen) atoms. The van der Waals surface area contributed by atoms with Crippen LogP contribution in [-0.4, -0.2) is 47.2 Å². The Kier molecular flexibility index (Phi) is 6.84. The Hall–Kier alpha value is -3.21. The summed E-state index contributed by atoms with van der Waals surface area (Å²) < 4.78 is 0. The van der Waals surface area contributed by atoms with Gasteiger partial charge in [-0.3, -0.25) is 4.79 Å². The molecule has 5 nitrogen and oxygen atoms in total. The summed E-state index contributed by atoms with van der Waals surface area (Å²) in [6.45, 7) is 9.44. The van der Waals surface area contributed by atoms with Gasteiger partial charge >= 0.3 is 0 Å². The number of aromatic nitrogens is 2. The molecule has 0 atom stereocenters. The summed E-state index contributed by atoms with van der Waals surface area (Å²) in [5, 5.41) is 9.00. The molecule has 2 heterocycles. The van der Waals surface area contributed by atoms with Crippen LogP contribution in [0.2, 0.25) is 0 Å². The van der Waals surface area contributed by atoms with Gasteiger partial charge in [0.25, 0.3) is 0 Å². The van der Waals surface area contributed by atoms with E-state index in [0.717, 1.165) is 56.1 Å². The zero-order valence-electron chi connectivity index (χ0n) is 19.3. The van der Waals surface area contributed by atoms with Crippen molar-refractivity contribution in [2.75, 3.05) is 31.1 Å². The fraction of sp³-hybridized carbons (Fsp3) is 0.370. The average Bonchev–Trinajstić information content (AvgIpc) is 2.82. The van der Waals surface area contributed by atoms with E-state index in [0.29, 0.717) is 6.42 Å². The Labute approximate surface area is 191 Å². The molecule has 0 unspecified atom stereocenters. The molecule has 1 aliphatic heterocycles. The van der Waals surface area contributed by atoms with Crippen molar-refractivity contribution < 1.29 is 4.79 Å². The number of rotatable bonds is 6. The van der Waals surface area contributed by atoms with Gasteiger partial charge in [0.1, 0.15) is 0 Å². The van der Waals surface area contributed by atoms with E-state index < -0.39 is 0 Å². The Bertz CT molecular complexity index is 1060. The van der Waals surface area contributed by atoms with Crippen molar-refractivity contribution in [3.63, 3.8) is 0 Å². The molecule has 1 amide bonds. The zero-order chi connectivity index (χ0) is 22.5. The number of anilines is 1. The highest BCUT2D eigenvalue weighted by molar-refractivity contribution is 5.76. The lowest BCUT2D eigenvalue weighted by Crippen LogP contribution is -2.49. The molecule has 1 aliphatic rings. The third-order valence-corrected chi connectivity index (χ3v) is 6.42. The molecule has 1 aromatic heterocycles. The molecule has 1 fully saturated rings. The van der Waals surface area contributed by atoms with Crippen molar-refractivity contribution >= 4 is 11.7 Å². The summed E-state index contributed by atoms with van der Waals surface area (Å²) in [6.07, 6.45) is 2.46. The number of hydrogen-bond acceptors (Lipinski definition) is 4. The molecule has 0 aliphatic carbocycles. The van der Waals surface area contributed by atoms with Crippen LogP contribution in [0.5, 0.6) is 0 Å². The molecule has 2 aromatic carbocycles. The first kappa shape index (κ1) is 22.0. The fourth-order valence-electron chi connectivity index (χ4n) is 4.31. The summed E-state index contributed by atoms with van der Waals surface area (Å²) in [5.74, 6) is 1.14. The number of nitrogens with zero attached hydrogens (tertiary/aromatic N) is 4. The molecule has 0 bridgehead atoms. The molecule has 1 saturated heterocycles. The van der Waals surface area contributed by atoms with Crippen LogP contribution in [0.4, 0.5) is 5.82 Å². The standard InChI is InChI=1S/C27H32N4O/c1-20-18-22(3)24(19-21(20)2)25-12-13-26(29-28-25)30-14-16-31(17-15-30)27(32)11-7-10-23-8-5-4-6-9-23/h4-6,8-9,12-13,18-19H,7,10-11,14-17H2,1-3H3. The van der Waals surface area contributed by atoms with E-state index in [1.165, 1.54) is 22.3 Å². The van der Waals surface area contributed by atoms with Crippen LogP contribution in [0.25, 0.3) is 11.3 Å². The van der Waals surface area contributed by atoms with Crippen molar-refractivity contribution in [1.82, 2.24) is 15.1 Å². The van der Waals surface area contributed by atoms with Crippen LogP contribution in [-0.2, 0) is 11.2 Å². The van der Waals surface area contributed by atoms with Gasteiger partial charge < -0.3 is 9.80 Å². The highest BCUT2D eigenvalue weighted by Gasteiger charge is 2.22. The fourth-order valence-corrected chi connectivity index (χ4v) is 4.31. The molecule has 0 spiro atoms. The summed E-state index contributed by atoms with van der Waals surface area (Å²) in [6, 6.07) is 18.9.